The van der Waals surface area contributed by atoms with E-state index in [-0.39, 0.29) is 29.5 Å². The molecule has 0 bridgehead atoms. The first-order valence-electron chi connectivity index (χ1n) is 9.56. The van der Waals surface area contributed by atoms with Crippen LogP contribution in [0.3, 0.4) is 0 Å². The molecule has 28 heavy (non-hydrogen) atoms. The zero-order valence-corrected chi connectivity index (χ0v) is 19.0. The summed E-state index contributed by atoms with van der Waals surface area (Å²) in [6.07, 6.45) is 2.76. The van der Waals surface area contributed by atoms with Crippen LogP contribution in [-0.4, -0.2) is 36.8 Å². The summed E-state index contributed by atoms with van der Waals surface area (Å²) < 4.78 is 7.04. The van der Waals surface area contributed by atoms with E-state index in [1.54, 1.807) is 22.9 Å². The highest BCUT2D eigenvalue weighted by Gasteiger charge is 2.00. The zero-order valence-electron chi connectivity index (χ0n) is 16.7. The van der Waals surface area contributed by atoms with Crippen LogP contribution >= 0.6 is 24.0 Å². The van der Waals surface area contributed by atoms with Crippen LogP contribution in [0.5, 0.6) is 0 Å². The molecule has 0 saturated heterocycles. The van der Waals surface area contributed by atoms with Crippen molar-refractivity contribution in [3.05, 3.63) is 70.1 Å². The lowest BCUT2D eigenvalue weighted by Crippen LogP contribution is -2.38. The fraction of sp³-hybridized carbons (Fsp3) is 0.429. The molecule has 0 spiro atoms. The van der Waals surface area contributed by atoms with Crippen LogP contribution in [0.1, 0.15) is 31.4 Å². The van der Waals surface area contributed by atoms with Crippen LogP contribution in [-0.2, 0) is 17.8 Å². The second kappa shape index (κ2) is 14.2. The molecule has 0 saturated carbocycles. The van der Waals surface area contributed by atoms with Crippen LogP contribution in [0, 0.1) is 0 Å². The number of nitrogens with one attached hydrogen (secondary N) is 2. The van der Waals surface area contributed by atoms with Crippen molar-refractivity contribution in [1.82, 2.24) is 15.2 Å². The molecule has 2 N–H and O–H groups in total. The molecule has 0 atom stereocenters. The molecule has 2 rings (SSSR count). The van der Waals surface area contributed by atoms with Gasteiger partial charge in [-0.05, 0) is 37.5 Å². The smallest absolute Gasteiger partial charge is 0.250 e. The molecule has 0 amide bonds. The number of rotatable bonds is 10. The topological polar surface area (TPSA) is 67.7 Å². The third-order valence-corrected chi connectivity index (χ3v) is 4.00. The minimum Gasteiger partial charge on any atom is -0.382 e. The van der Waals surface area contributed by atoms with Crippen molar-refractivity contribution in [2.45, 2.75) is 33.4 Å². The van der Waals surface area contributed by atoms with Gasteiger partial charge in [-0.3, -0.25) is 4.79 Å². The minimum atomic E-state index is 0. The monoisotopic (exact) mass is 498 g/mol. The number of guanidine groups is 1. The Balaban J connectivity index is 0.00000392. The second-order valence-electron chi connectivity index (χ2n) is 6.16. The van der Waals surface area contributed by atoms with E-state index in [2.05, 4.69) is 34.7 Å². The lowest BCUT2D eigenvalue weighted by molar-refractivity contribution is 0.145. The van der Waals surface area contributed by atoms with E-state index in [0.29, 0.717) is 13.1 Å². The number of ether oxygens (including phenoxy) is 1. The van der Waals surface area contributed by atoms with Gasteiger partial charge in [0, 0.05) is 38.6 Å². The SMILES string of the molecule is CCNC(=NCc1ccc(Cn2ccccc2=O)cc1)NCCCOCC.I. The van der Waals surface area contributed by atoms with Crippen molar-refractivity contribution in [3.8, 4) is 0 Å². The molecule has 0 radical (unpaired) electrons. The third kappa shape index (κ3) is 8.88. The van der Waals surface area contributed by atoms with Gasteiger partial charge in [-0.15, -0.1) is 24.0 Å². The van der Waals surface area contributed by atoms with Gasteiger partial charge in [0.15, 0.2) is 5.96 Å². The average Bonchev–Trinajstić information content (AvgIpc) is 2.69. The Kier molecular flexibility index (Phi) is 12.2. The van der Waals surface area contributed by atoms with E-state index in [9.17, 15) is 4.79 Å². The summed E-state index contributed by atoms with van der Waals surface area (Å²) in [7, 11) is 0. The van der Waals surface area contributed by atoms with E-state index in [4.69, 9.17) is 4.74 Å². The first kappa shape index (κ1) is 24.2. The summed E-state index contributed by atoms with van der Waals surface area (Å²) in [6, 6.07) is 13.4. The molecule has 154 valence electrons. The van der Waals surface area contributed by atoms with Crippen molar-refractivity contribution < 1.29 is 4.74 Å². The van der Waals surface area contributed by atoms with Gasteiger partial charge in [-0.25, -0.2) is 4.99 Å². The molecule has 0 aliphatic carbocycles. The molecule has 0 aliphatic rings. The lowest BCUT2D eigenvalue weighted by atomic mass is 10.1. The van der Waals surface area contributed by atoms with Crippen LogP contribution in [0.2, 0.25) is 0 Å². The van der Waals surface area contributed by atoms with Gasteiger partial charge < -0.3 is 19.9 Å². The highest BCUT2D eigenvalue weighted by atomic mass is 127. The molecule has 7 heteroatoms. The van der Waals surface area contributed by atoms with Crippen LogP contribution in [0.4, 0.5) is 0 Å². The molecule has 2 aromatic rings. The van der Waals surface area contributed by atoms with Gasteiger partial charge >= 0.3 is 0 Å². The van der Waals surface area contributed by atoms with E-state index in [1.165, 1.54) is 0 Å². The van der Waals surface area contributed by atoms with Gasteiger partial charge in [0.2, 0.25) is 0 Å². The van der Waals surface area contributed by atoms with Crippen LogP contribution in [0.25, 0.3) is 0 Å². The second-order valence-corrected chi connectivity index (χ2v) is 6.16. The van der Waals surface area contributed by atoms with E-state index < -0.39 is 0 Å². The van der Waals surface area contributed by atoms with Gasteiger partial charge in [0.1, 0.15) is 0 Å². The summed E-state index contributed by atoms with van der Waals surface area (Å²) in [4.78, 5) is 16.4. The summed E-state index contributed by atoms with van der Waals surface area (Å²) in [5.41, 5.74) is 2.24. The highest BCUT2D eigenvalue weighted by molar-refractivity contribution is 14.0. The van der Waals surface area contributed by atoms with Crippen molar-refractivity contribution in [2.75, 3.05) is 26.3 Å². The number of nitrogens with zero attached hydrogens (tertiary/aromatic N) is 2. The number of aliphatic imine (C=N–C) groups is 1. The Morgan fingerprint density at radius 3 is 2.50 bits per heavy atom. The number of hydrogen-bond donors (Lipinski definition) is 2. The molecule has 1 heterocycles. The molecule has 0 unspecified atom stereocenters. The predicted octanol–water partition coefficient (Wildman–Crippen LogP) is 3.00. The summed E-state index contributed by atoms with van der Waals surface area (Å²) in [5.74, 6) is 0.814. The zero-order chi connectivity index (χ0) is 19.3. The number of pyridine rings is 1. The predicted molar refractivity (Wildman–Crippen MR) is 126 cm³/mol. The molecule has 1 aromatic heterocycles. The van der Waals surface area contributed by atoms with Gasteiger partial charge in [-0.2, -0.15) is 0 Å². The van der Waals surface area contributed by atoms with Crippen molar-refractivity contribution in [1.29, 1.82) is 0 Å². The van der Waals surface area contributed by atoms with Gasteiger partial charge in [0.25, 0.3) is 5.56 Å². The summed E-state index contributed by atoms with van der Waals surface area (Å²) in [6.45, 7) is 8.40. The quantitative estimate of drug-likeness (QED) is 0.229. The Morgan fingerprint density at radius 1 is 1.07 bits per heavy atom. The Hall–Kier alpha value is -1.87. The Morgan fingerprint density at radius 2 is 1.82 bits per heavy atom. The maximum atomic E-state index is 11.8. The van der Waals surface area contributed by atoms with Crippen LogP contribution < -0.4 is 16.2 Å². The van der Waals surface area contributed by atoms with Gasteiger partial charge in [0.05, 0.1) is 13.1 Å². The fourth-order valence-corrected chi connectivity index (χ4v) is 2.58. The summed E-state index contributed by atoms with van der Waals surface area (Å²) in [5, 5.41) is 6.57. The summed E-state index contributed by atoms with van der Waals surface area (Å²) >= 11 is 0. The highest BCUT2D eigenvalue weighted by Crippen LogP contribution is 2.07. The third-order valence-electron chi connectivity index (χ3n) is 4.00. The fourth-order valence-electron chi connectivity index (χ4n) is 2.58. The molecular weight excluding hydrogens is 467 g/mol. The van der Waals surface area contributed by atoms with Crippen molar-refractivity contribution in [3.63, 3.8) is 0 Å². The van der Waals surface area contributed by atoms with Crippen molar-refractivity contribution in [2.24, 2.45) is 4.99 Å². The lowest BCUT2D eigenvalue weighted by Gasteiger charge is -2.11. The van der Waals surface area contributed by atoms with Crippen LogP contribution in [0.15, 0.2) is 58.4 Å². The Labute approximate surface area is 184 Å². The standard InChI is InChI=1S/C21H30N4O2.HI/c1-3-22-21(23-13-7-15-27-4-2)24-16-18-9-11-19(12-10-18)17-25-14-6-5-8-20(25)26;/h5-6,8-12,14H,3-4,7,13,15-17H2,1-2H3,(H2,22,23,24);1H. The first-order chi connectivity index (χ1) is 13.2. The molecule has 1 aromatic carbocycles. The van der Waals surface area contributed by atoms with E-state index in [1.807, 2.05) is 25.1 Å². The molecule has 0 fully saturated rings. The largest absolute Gasteiger partial charge is 0.382 e. The van der Waals surface area contributed by atoms with E-state index >= 15 is 0 Å². The first-order valence-corrected chi connectivity index (χ1v) is 9.56. The maximum Gasteiger partial charge on any atom is 0.250 e. The number of aromatic nitrogens is 1. The maximum absolute atomic E-state index is 11.8. The normalized spacial score (nSPS) is 11.0. The Bertz CT molecular complexity index is 760. The minimum absolute atomic E-state index is 0. The molecular formula is C21H31IN4O2. The molecule has 0 aliphatic heterocycles. The number of benzene rings is 1. The van der Waals surface area contributed by atoms with Crippen molar-refractivity contribution >= 4 is 29.9 Å². The number of hydrogen-bond acceptors (Lipinski definition) is 3. The molecule has 6 nitrogen and oxygen atoms in total. The van der Waals surface area contributed by atoms with Gasteiger partial charge in [-0.1, -0.05) is 30.3 Å². The average molecular weight is 498 g/mol. The number of halogens is 1. The van der Waals surface area contributed by atoms with E-state index in [0.717, 1.165) is 49.8 Å².